The topological polar surface area (TPSA) is 69.0 Å². The smallest absolute Gasteiger partial charge is 0.349 e. The van der Waals surface area contributed by atoms with Gasteiger partial charge in [-0.25, -0.2) is 14.8 Å². The van der Waals surface area contributed by atoms with Gasteiger partial charge in [0, 0.05) is 25.5 Å². The van der Waals surface area contributed by atoms with E-state index in [0.717, 1.165) is 13.1 Å². The third kappa shape index (κ3) is 3.04. The first-order valence-corrected chi connectivity index (χ1v) is 5.85. The molecule has 0 amide bonds. The molecule has 17 heavy (non-hydrogen) atoms. The van der Waals surface area contributed by atoms with Crippen LogP contribution in [0.1, 0.15) is 9.67 Å². The van der Waals surface area contributed by atoms with Gasteiger partial charge >= 0.3 is 5.97 Å². The number of rotatable bonds is 5. The highest BCUT2D eigenvalue weighted by Crippen LogP contribution is 2.18. The minimum Gasteiger partial charge on any atom is -0.465 e. The van der Waals surface area contributed by atoms with Gasteiger partial charge in [0.15, 0.2) is 5.13 Å². The fourth-order valence-electron chi connectivity index (χ4n) is 1.26. The first kappa shape index (κ1) is 11.6. The number of nitrogens with zero attached hydrogens (tertiary/aromatic N) is 3. The molecule has 0 fully saturated rings. The second kappa shape index (κ2) is 5.44. The van der Waals surface area contributed by atoms with Crippen LogP contribution in [0.3, 0.4) is 0 Å². The van der Waals surface area contributed by atoms with Gasteiger partial charge in [0.05, 0.1) is 19.6 Å². The molecule has 0 spiro atoms. The second-order valence-electron chi connectivity index (χ2n) is 3.25. The lowest BCUT2D eigenvalue weighted by Crippen LogP contribution is -2.08. The van der Waals surface area contributed by atoms with Crippen molar-refractivity contribution in [1.29, 1.82) is 0 Å². The Balaban J connectivity index is 1.83. The predicted molar refractivity (Wildman–Crippen MR) is 64.2 cm³/mol. The van der Waals surface area contributed by atoms with Crippen molar-refractivity contribution < 1.29 is 9.53 Å². The summed E-state index contributed by atoms with van der Waals surface area (Å²) in [6, 6.07) is 0. The molecule has 0 aliphatic carbocycles. The second-order valence-corrected chi connectivity index (χ2v) is 4.28. The number of carbonyl (C=O) groups is 1. The van der Waals surface area contributed by atoms with Crippen LogP contribution in [0.15, 0.2) is 24.9 Å². The van der Waals surface area contributed by atoms with E-state index in [4.69, 9.17) is 0 Å². The summed E-state index contributed by atoms with van der Waals surface area (Å²) in [5.74, 6) is -0.356. The number of methoxy groups -OCH3 is 1. The van der Waals surface area contributed by atoms with E-state index in [1.54, 1.807) is 12.5 Å². The van der Waals surface area contributed by atoms with Crippen molar-refractivity contribution in [3.8, 4) is 0 Å². The Morgan fingerprint density at radius 3 is 3.24 bits per heavy atom. The number of imidazole rings is 1. The summed E-state index contributed by atoms with van der Waals surface area (Å²) in [5.41, 5.74) is 0. The molecule has 0 saturated carbocycles. The average molecular weight is 252 g/mol. The summed E-state index contributed by atoms with van der Waals surface area (Å²) in [4.78, 5) is 19.7. The van der Waals surface area contributed by atoms with Gasteiger partial charge in [-0.1, -0.05) is 11.3 Å². The molecule has 0 bridgehead atoms. The molecule has 6 nitrogen and oxygen atoms in total. The Labute approximate surface area is 102 Å². The van der Waals surface area contributed by atoms with E-state index in [-0.39, 0.29) is 5.97 Å². The molecule has 2 aromatic heterocycles. The van der Waals surface area contributed by atoms with Crippen LogP contribution in [-0.4, -0.2) is 34.2 Å². The van der Waals surface area contributed by atoms with Crippen molar-refractivity contribution in [1.82, 2.24) is 14.5 Å². The highest BCUT2D eigenvalue weighted by molar-refractivity contribution is 7.17. The average Bonchev–Trinajstić information content (AvgIpc) is 2.99. The number of hydrogen-bond acceptors (Lipinski definition) is 6. The summed E-state index contributed by atoms with van der Waals surface area (Å²) in [7, 11) is 1.36. The quantitative estimate of drug-likeness (QED) is 0.811. The van der Waals surface area contributed by atoms with Crippen LogP contribution in [0.25, 0.3) is 0 Å². The number of aromatic nitrogens is 3. The van der Waals surface area contributed by atoms with Crippen molar-refractivity contribution in [2.75, 3.05) is 19.0 Å². The normalized spacial score (nSPS) is 10.2. The van der Waals surface area contributed by atoms with Crippen molar-refractivity contribution in [3.05, 3.63) is 29.8 Å². The molecular formula is C10H12N4O2S. The van der Waals surface area contributed by atoms with Crippen molar-refractivity contribution in [3.63, 3.8) is 0 Å². The molecule has 0 aliphatic heterocycles. The van der Waals surface area contributed by atoms with Crippen LogP contribution in [0, 0.1) is 0 Å². The first-order chi connectivity index (χ1) is 8.29. The van der Waals surface area contributed by atoms with Gasteiger partial charge < -0.3 is 14.6 Å². The fraction of sp³-hybridized carbons (Fsp3) is 0.300. The van der Waals surface area contributed by atoms with Crippen LogP contribution in [0.5, 0.6) is 0 Å². The summed E-state index contributed by atoms with van der Waals surface area (Å²) >= 11 is 1.28. The van der Waals surface area contributed by atoms with E-state index < -0.39 is 0 Å². The molecular weight excluding hydrogens is 240 g/mol. The predicted octanol–water partition coefficient (Wildman–Crippen LogP) is 1.24. The molecule has 0 unspecified atom stereocenters. The number of carbonyl (C=O) groups excluding carboxylic acids is 1. The maximum absolute atomic E-state index is 11.2. The molecule has 1 N–H and O–H groups in total. The molecule has 0 atom stereocenters. The van der Waals surface area contributed by atoms with Crippen LogP contribution in [0.2, 0.25) is 0 Å². The van der Waals surface area contributed by atoms with Crippen LogP contribution in [0.4, 0.5) is 5.13 Å². The number of esters is 1. The minimum absolute atomic E-state index is 0.356. The highest BCUT2D eigenvalue weighted by atomic mass is 32.1. The Bertz CT molecular complexity index is 480. The van der Waals surface area contributed by atoms with Gasteiger partial charge in [0.2, 0.25) is 0 Å². The fourth-order valence-corrected chi connectivity index (χ4v) is 2.02. The number of anilines is 1. The molecule has 2 rings (SSSR count). The van der Waals surface area contributed by atoms with E-state index in [2.05, 4.69) is 20.0 Å². The summed E-state index contributed by atoms with van der Waals surface area (Å²) < 4.78 is 6.56. The number of ether oxygens (including phenoxy) is 1. The summed E-state index contributed by atoms with van der Waals surface area (Å²) in [6.45, 7) is 1.53. The van der Waals surface area contributed by atoms with Crippen molar-refractivity contribution in [2.45, 2.75) is 6.54 Å². The van der Waals surface area contributed by atoms with Crippen LogP contribution >= 0.6 is 11.3 Å². The van der Waals surface area contributed by atoms with Crippen LogP contribution in [-0.2, 0) is 11.3 Å². The number of hydrogen-bond donors (Lipinski definition) is 1. The molecule has 7 heteroatoms. The van der Waals surface area contributed by atoms with E-state index in [1.807, 2.05) is 10.8 Å². The minimum atomic E-state index is -0.356. The van der Waals surface area contributed by atoms with Gasteiger partial charge in [-0.3, -0.25) is 0 Å². The first-order valence-electron chi connectivity index (χ1n) is 5.03. The van der Waals surface area contributed by atoms with E-state index in [0.29, 0.717) is 10.0 Å². The molecule has 0 aliphatic rings. The van der Waals surface area contributed by atoms with Gasteiger partial charge in [0.25, 0.3) is 0 Å². The standard InChI is InChI=1S/C10H12N4O2S/c1-16-9(15)8-6-13-10(17-8)12-3-5-14-4-2-11-7-14/h2,4,6-7H,3,5H2,1H3,(H,12,13). The summed E-state index contributed by atoms with van der Waals surface area (Å²) in [6.07, 6.45) is 6.89. The molecule has 0 aromatic carbocycles. The molecule has 90 valence electrons. The molecule has 2 aromatic rings. The Morgan fingerprint density at radius 1 is 1.65 bits per heavy atom. The highest BCUT2D eigenvalue weighted by Gasteiger charge is 2.09. The largest absolute Gasteiger partial charge is 0.465 e. The maximum atomic E-state index is 11.2. The summed E-state index contributed by atoms with van der Waals surface area (Å²) in [5, 5.41) is 3.85. The SMILES string of the molecule is COC(=O)c1cnc(NCCn2ccnc2)s1. The molecule has 0 saturated heterocycles. The number of nitrogens with one attached hydrogen (secondary N) is 1. The van der Waals surface area contributed by atoms with E-state index >= 15 is 0 Å². The Kier molecular flexibility index (Phi) is 3.71. The van der Waals surface area contributed by atoms with Crippen LogP contribution < -0.4 is 5.32 Å². The van der Waals surface area contributed by atoms with E-state index in [1.165, 1.54) is 24.6 Å². The lowest BCUT2D eigenvalue weighted by atomic mass is 10.6. The molecule has 0 radical (unpaired) electrons. The molecule has 2 heterocycles. The monoisotopic (exact) mass is 252 g/mol. The zero-order valence-corrected chi connectivity index (χ0v) is 10.1. The van der Waals surface area contributed by atoms with Gasteiger partial charge in [-0.15, -0.1) is 0 Å². The van der Waals surface area contributed by atoms with Crippen molar-refractivity contribution >= 4 is 22.4 Å². The zero-order valence-electron chi connectivity index (χ0n) is 9.29. The Morgan fingerprint density at radius 2 is 2.53 bits per heavy atom. The Hall–Kier alpha value is -1.89. The lowest BCUT2D eigenvalue weighted by molar-refractivity contribution is 0.0606. The third-order valence-electron chi connectivity index (χ3n) is 2.10. The third-order valence-corrected chi connectivity index (χ3v) is 3.03. The van der Waals surface area contributed by atoms with Gasteiger partial charge in [0.1, 0.15) is 4.88 Å². The van der Waals surface area contributed by atoms with Gasteiger partial charge in [-0.05, 0) is 0 Å². The van der Waals surface area contributed by atoms with E-state index in [9.17, 15) is 4.79 Å². The maximum Gasteiger partial charge on any atom is 0.349 e. The number of thiazole rings is 1. The lowest BCUT2D eigenvalue weighted by Gasteiger charge is -2.02. The van der Waals surface area contributed by atoms with Gasteiger partial charge in [-0.2, -0.15) is 0 Å². The zero-order chi connectivity index (χ0) is 12.1. The van der Waals surface area contributed by atoms with Crippen molar-refractivity contribution in [2.24, 2.45) is 0 Å².